The normalized spacial score (nSPS) is 50.4. The Labute approximate surface area is 477 Å². The molecule has 13 aliphatic carbocycles. The van der Waals surface area contributed by atoms with Gasteiger partial charge in [-0.2, -0.15) is 0 Å². The van der Waals surface area contributed by atoms with Crippen molar-refractivity contribution in [1.29, 1.82) is 0 Å². The lowest BCUT2D eigenvalue weighted by atomic mass is 9.76. The van der Waals surface area contributed by atoms with Gasteiger partial charge in [-0.15, -0.1) is 0 Å². The smallest absolute Gasteiger partial charge is 0.310 e. The van der Waals surface area contributed by atoms with Crippen molar-refractivity contribution in [3.63, 3.8) is 0 Å². The van der Waals surface area contributed by atoms with Crippen LogP contribution >= 0.6 is 0 Å². The summed E-state index contributed by atoms with van der Waals surface area (Å²) in [6.07, 6.45) is 22.9. The molecule has 81 heavy (non-hydrogen) atoms. The van der Waals surface area contributed by atoms with Crippen LogP contribution in [0.3, 0.4) is 0 Å². The molecule has 6 saturated heterocycles. The number of carbonyl (C=O) groups excluding carboxylic acids is 7. The van der Waals surface area contributed by atoms with Gasteiger partial charge >= 0.3 is 41.8 Å². The molecule has 12 bridgehead atoms. The van der Waals surface area contributed by atoms with Gasteiger partial charge in [-0.1, -0.05) is 13.8 Å². The van der Waals surface area contributed by atoms with Crippen LogP contribution in [-0.4, -0.2) is 112 Å². The van der Waals surface area contributed by atoms with E-state index in [4.69, 9.17) is 42.6 Å². The van der Waals surface area contributed by atoms with Gasteiger partial charge in [-0.3, -0.25) is 33.6 Å². The highest BCUT2D eigenvalue weighted by Crippen LogP contribution is 2.61. The molecule has 13 saturated carbocycles. The SMILES string of the molecule is CC1CC2CC1C1C(=O)OCC21.CCC1(OC(=O)C2C3CC4OC(=O)C2C4C3)CCCC1.CCOC1CC2CC1C1C(=O)OCC21.COC1CC2CC1C1C(=O)OCC21.O=C1OCC2C3CCC(C3)C12.O=C1OCC2C3CCC(C3)C12. The lowest BCUT2D eigenvalue weighted by Gasteiger charge is -2.31. The van der Waals surface area contributed by atoms with Gasteiger partial charge in [0.2, 0.25) is 0 Å². The molecule has 0 aromatic rings. The predicted octanol–water partition coefficient (Wildman–Crippen LogP) is 8.36. The van der Waals surface area contributed by atoms with Crippen LogP contribution in [0.15, 0.2) is 0 Å². The fourth-order valence-corrected chi connectivity index (χ4v) is 22.6. The maximum absolute atomic E-state index is 12.7. The van der Waals surface area contributed by atoms with E-state index in [0.717, 1.165) is 108 Å². The van der Waals surface area contributed by atoms with Gasteiger partial charge < -0.3 is 42.6 Å². The topological polar surface area (TPSA) is 203 Å². The van der Waals surface area contributed by atoms with Crippen molar-refractivity contribution in [2.45, 2.75) is 167 Å². The average molecular weight is 1130 g/mol. The second-order valence-electron chi connectivity index (χ2n) is 29.3. The third-order valence-corrected chi connectivity index (χ3v) is 26.3. The largest absolute Gasteiger partial charge is 0.465 e. The fraction of sp³-hybridized carbons (Fsp3) is 0.892. The van der Waals surface area contributed by atoms with Crippen molar-refractivity contribution in [2.24, 2.45) is 148 Å². The first-order valence-electron chi connectivity index (χ1n) is 32.7. The van der Waals surface area contributed by atoms with Gasteiger partial charge in [0.05, 0.1) is 86.7 Å². The number of methoxy groups -OCH3 is 1. The van der Waals surface area contributed by atoms with Crippen LogP contribution in [0, 0.1) is 148 Å². The molecular formula is C65H90O16. The molecule has 19 aliphatic rings. The molecule has 28 unspecified atom stereocenters. The molecule has 0 amide bonds. The molecule has 6 aliphatic heterocycles. The van der Waals surface area contributed by atoms with Crippen molar-refractivity contribution in [3.05, 3.63) is 0 Å². The van der Waals surface area contributed by atoms with Crippen molar-refractivity contribution in [3.8, 4) is 0 Å². The van der Waals surface area contributed by atoms with Crippen molar-refractivity contribution >= 4 is 41.8 Å². The van der Waals surface area contributed by atoms with Crippen LogP contribution in [0.5, 0.6) is 0 Å². The summed E-state index contributed by atoms with van der Waals surface area (Å²) in [5.41, 5.74) is -0.249. The summed E-state index contributed by atoms with van der Waals surface area (Å²) in [6.45, 7) is 10.7. The first-order chi connectivity index (χ1) is 39.2. The first-order valence-corrected chi connectivity index (χ1v) is 32.7. The zero-order valence-electron chi connectivity index (χ0n) is 48.4. The van der Waals surface area contributed by atoms with E-state index < -0.39 is 0 Å². The lowest BCUT2D eigenvalue weighted by molar-refractivity contribution is -0.170. The minimum Gasteiger partial charge on any atom is -0.465 e. The van der Waals surface area contributed by atoms with E-state index in [-0.39, 0.29) is 83.1 Å². The minimum atomic E-state index is -0.249. The second kappa shape index (κ2) is 21.6. The Morgan fingerprint density at radius 1 is 0.457 bits per heavy atom. The van der Waals surface area contributed by atoms with E-state index in [2.05, 4.69) is 13.8 Å². The van der Waals surface area contributed by atoms with Crippen LogP contribution in [0.4, 0.5) is 0 Å². The summed E-state index contributed by atoms with van der Waals surface area (Å²) in [5, 5.41) is 0. The monoisotopic (exact) mass is 1130 g/mol. The minimum absolute atomic E-state index is 0.0271. The number of rotatable bonds is 6. The van der Waals surface area contributed by atoms with Gasteiger partial charge in [0.25, 0.3) is 0 Å². The highest BCUT2D eigenvalue weighted by Gasteiger charge is 2.66. The molecule has 0 aromatic heterocycles. The molecule has 16 nitrogen and oxygen atoms in total. The zero-order chi connectivity index (χ0) is 55.7. The molecule has 0 N–H and O–H groups in total. The standard InChI is InChI=1S/C16H22O4.C11H16O3.C10H14O3.C10H14O2.2C9H12O2/c1-2-16(5-3-4-6-16)20-15(18)12-9-7-10-11(8-9)19-14(17)13(10)12;1-2-13-9-4-6-3-7(9)10-8(6)5-14-11(10)12;1-12-8-3-5-2-6(8)9-7(5)4-13-10(9)11;1-5-2-6-3-7(5)9-8(6)4-12-10(9)11;2*10-9-8-6-2-1-5(3-6)7(8)4-11-9/h9-13H,2-8H2,1H3;6-10H,2-5H2,1H3;5-9H,2-4H2,1H3;5-9H,2-4H2,1H3;2*5-8H,1-4H2. The number of fused-ring (bicyclic) bond motifs is 26. The third-order valence-electron chi connectivity index (χ3n) is 26.3. The second-order valence-corrected chi connectivity index (χ2v) is 29.3. The lowest BCUT2D eigenvalue weighted by Crippen LogP contribution is -2.39. The maximum atomic E-state index is 12.7. The Morgan fingerprint density at radius 3 is 1.41 bits per heavy atom. The summed E-state index contributed by atoms with van der Waals surface area (Å²) < 4.78 is 47.9. The summed E-state index contributed by atoms with van der Waals surface area (Å²) in [6, 6.07) is 0. The van der Waals surface area contributed by atoms with Gasteiger partial charge in [0.15, 0.2) is 0 Å². The number of ether oxygens (including phenoxy) is 9. The number of hydrogen-bond acceptors (Lipinski definition) is 16. The molecule has 16 heteroatoms. The molecule has 0 spiro atoms. The molecule has 0 radical (unpaired) electrons. The Bertz CT molecular complexity index is 2420. The summed E-state index contributed by atoms with van der Waals surface area (Å²) in [7, 11) is 1.75. The average Bonchev–Trinajstić information content (AvgIpc) is 4.38. The predicted molar refractivity (Wildman–Crippen MR) is 286 cm³/mol. The highest BCUT2D eigenvalue weighted by molar-refractivity contribution is 5.86. The summed E-state index contributed by atoms with van der Waals surface area (Å²) in [5.74, 6) is 11.9. The number of esters is 7. The highest BCUT2D eigenvalue weighted by atomic mass is 16.6. The Hall–Kier alpha value is -3.79. The van der Waals surface area contributed by atoms with Gasteiger partial charge in [-0.25, -0.2) is 0 Å². The van der Waals surface area contributed by atoms with Gasteiger partial charge in [0.1, 0.15) is 11.7 Å². The zero-order valence-corrected chi connectivity index (χ0v) is 48.4. The van der Waals surface area contributed by atoms with Gasteiger partial charge in [0, 0.05) is 49.2 Å². The van der Waals surface area contributed by atoms with E-state index in [1.807, 2.05) is 6.92 Å². The van der Waals surface area contributed by atoms with Crippen LogP contribution in [-0.2, 0) is 76.2 Å². The number of carbonyl (C=O) groups is 7. The number of hydrogen-bond donors (Lipinski definition) is 0. The third kappa shape index (κ3) is 9.23. The number of cyclic esters (lactones) is 5. The van der Waals surface area contributed by atoms with E-state index in [0.29, 0.717) is 120 Å². The Balaban J connectivity index is 0.0000000884. The van der Waals surface area contributed by atoms with Crippen LogP contribution in [0.25, 0.3) is 0 Å². The molecule has 6 heterocycles. The van der Waals surface area contributed by atoms with Crippen LogP contribution < -0.4 is 0 Å². The molecule has 446 valence electrons. The van der Waals surface area contributed by atoms with E-state index in [1.54, 1.807) is 7.11 Å². The summed E-state index contributed by atoms with van der Waals surface area (Å²) in [4.78, 5) is 81.4. The molecular weight excluding hydrogens is 1040 g/mol. The van der Waals surface area contributed by atoms with E-state index in [9.17, 15) is 33.6 Å². The quantitative estimate of drug-likeness (QED) is 0.181. The Kier molecular flexibility index (Phi) is 14.7. The fourth-order valence-electron chi connectivity index (χ4n) is 22.6. The van der Waals surface area contributed by atoms with Crippen LogP contribution in [0.2, 0.25) is 0 Å². The Morgan fingerprint density at radius 2 is 0.901 bits per heavy atom. The van der Waals surface area contributed by atoms with Crippen LogP contribution in [0.1, 0.15) is 143 Å². The van der Waals surface area contributed by atoms with Crippen molar-refractivity contribution in [1.82, 2.24) is 0 Å². The first kappa shape index (κ1) is 55.1. The molecule has 19 rings (SSSR count). The molecule has 19 fully saturated rings. The maximum Gasteiger partial charge on any atom is 0.310 e. The van der Waals surface area contributed by atoms with Crippen molar-refractivity contribution < 1.29 is 76.2 Å². The van der Waals surface area contributed by atoms with E-state index >= 15 is 0 Å². The molecule has 0 aromatic carbocycles. The van der Waals surface area contributed by atoms with Crippen molar-refractivity contribution in [2.75, 3.05) is 46.8 Å². The molecule has 28 atom stereocenters. The van der Waals surface area contributed by atoms with Gasteiger partial charge in [-0.05, 0) is 200 Å². The van der Waals surface area contributed by atoms with E-state index in [1.165, 1.54) is 64.2 Å². The summed E-state index contributed by atoms with van der Waals surface area (Å²) >= 11 is 0.